The van der Waals surface area contributed by atoms with Crippen molar-refractivity contribution >= 4 is 15.7 Å². The van der Waals surface area contributed by atoms with E-state index in [0.717, 1.165) is 5.56 Å². The predicted octanol–water partition coefficient (Wildman–Crippen LogP) is 1.82. The van der Waals surface area contributed by atoms with Gasteiger partial charge in [-0.05, 0) is 30.4 Å². The molecule has 0 atom stereocenters. The van der Waals surface area contributed by atoms with Gasteiger partial charge in [-0.2, -0.15) is 0 Å². The number of amides is 1. The molecule has 1 aliphatic carbocycles. The second-order valence-electron chi connectivity index (χ2n) is 6.91. The molecule has 1 amide bonds. The molecule has 2 saturated heterocycles. The first-order chi connectivity index (χ1) is 9.98. The minimum absolute atomic E-state index is 0.0763. The minimum atomic E-state index is -2.82. The summed E-state index contributed by atoms with van der Waals surface area (Å²) in [6.45, 7) is 1.20. The zero-order valence-electron chi connectivity index (χ0n) is 11.9. The molecule has 1 spiro atoms. The molecule has 1 aromatic carbocycles. The fraction of sp³-hybridized carbons (Fsp3) is 0.562. The van der Waals surface area contributed by atoms with Crippen LogP contribution in [0.15, 0.2) is 24.3 Å². The molecule has 4 nitrogen and oxygen atoms in total. The van der Waals surface area contributed by atoms with Crippen LogP contribution in [0.1, 0.15) is 41.1 Å². The van der Waals surface area contributed by atoms with Crippen molar-refractivity contribution in [2.75, 3.05) is 24.6 Å². The first-order valence-electron chi connectivity index (χ1n) is 7.57. The minimum Gasteiger partial charge on any atom is -0.337 e. The van der Waals surface area contributed by atoms with Crippen molar-refractivity contribution in [3.8, 4) is 0 Å². The molecule has 0 N–H and O–H groups in total. The summed E-state index contributed by atoms with van der Waals surface area (Å²) in [5, 5.41) is 0. The molecular weight excluding hydrogens is 286 g/mol. The van der Waals surface area contributed by atoms with E-state index in [1.54, 1.807) is 0 Å². The van der Waals surface area contributed by atoms with Crippen molar-refractivity contribution in [2.45, 2.75) is 25.2 Å². The highest BCUT2D eigenvalue weighted by Crippen LogP contribution is 2.43. The Morgan fingerprint density at radius 1 is 1.14 bits per heavy atom. The third-order valence-electron chi connectivity index (χ3n) is 5.13. The average molecular weight is 305 g/mol. The van der Waals surface area contributed by atoms with Crippen molar-refractivity contribution in [3.63, 3.8) is 0 Å². The molecule has 0 aromatic heterocycles. The largest absolute Gasteiger partial charge is 0.337 e. The fourth-order valence-corrected chi connectivity index (χ4v) is 6.06. The van der Waals surface area contributed by atoms with Crippen LogP contribution in [0.25, 0.3) is 0 Å². The number of rotatable bonds is 2. The first kappa shape index (κ1) is 13.3. The summed E-state index contributed by atoms with van der Waals surface area (Å²) < 4.78 is 22.7. The first-order valence-corrected chi connectivity index (χ1v) is 9.39. The SMILES string of the molecule is O=C(c1ccccc1C1CCC1)N1CC2(C1)CS(=O)(=O)C2. The number of likely N-dealkylation sites (tertiary alicyclic amines) is 1. The lowest BCUT2D eigenvalue weighted by Crippen LogP contribution is -2.69. The van der Waals surface area contributed by atoms with Gasteiger partial charge in [-0.1, -0.05) is 24.6 Å². The number of benzene rings is 1. The Kier molecular flexibility index (Phi) is 2.74. The second-order valence-corrected chi connectivity index (χ2v) is 8.97. The van der Waals surface area contributed by atoms with E-state index in [1.807, 2.05) is 23.1 Å². The molecule has 2 heterocycles. The summed E-state index contributed by atoms with van der Waals surface area (Å²) in [5.41, 5.74) is 1.87. The van der Waals surface area contributed by atoms with Gasteiger partial charge in [0.15, 0.2) is 9.84 Å². The van der Waals surface area contributed by atoms with Crippen molar-refractivity contribution < 1.29 is 13.2 Å². The van der Waals surface area contributed by atoms with Gasteiger partial charge in [-0.3, -0.25) is 4.79 Å². The molecule has 5 heteroatoms. The Labute approximate surface area is 125 Å². The zero-order chi connectivity index (χ0) is 14.7. The van der Waals surface area contributed by atoms with Gasteiger partial charge in [-0.15, -0.1) is 0 Å². The summed E-state index contributed by atoms with van der Waals surface area (Å²) in [5.74, 6) is 1.12. The molecule has 0 unspecified atom stereocenters. The maximum Gasteiger partial charge on any atom is 0.254 e. The third-order valence-corrected chi connectivity index (χ3v) is 7.23. The predicted molar refractivity (Wildman–Crippen MR) is 80.0 cm³/mol. The molecule has 3 fully saturated rings. The number of carbonyl (C=O) groups is 1. The fourth-order valence-electron chi connectivity index (χ4n) is 3.92. The number of hydrogen-bond acceptors (Lipinski definition) is 3. The van der Waals surface area contributed by atoms with Gasteiger partial charge in [0.2, 0.25) is 0 Å². The van der Waals surface area contributed by atoms with Crippen molar-refractivity contribution in [1.82, 2.24) is 4.90 Å². The normalized spacial score (nSPS) is 25.8. The average Bonchev–Trinajstić information content (AvgIpc) is 2.30. The Hall–Kier alpha value is -1.36. The van der Waals surface area contributed by atoms with Crippen molar-refractivity contribution in [2.24, 2.45) is 5.41 Å². The Bertz CT molecular complexity index is 686. The van der Waals surface area contributed by atoms with Gasteiger partial charge >= 0.3 is 0 Å². The lowest BCUT2D eigenvalue weighted by molar-refractivity contribution is 0.0200. The van der Waals surface area contributed by atoms with E-state index in [0.29, 0.717) is 19.0 Å². The molecule has 4 rings (SSSR count). The Morgan fingerprint density at radius 3 is 2.38 bits per heavy atom. The Balaban J connectivity index is 1.50. The van der Waals surface area contributed by atoms with Gasteiger partial charge in [0.1, 0.15) is 0 Å². The quantitative estimate of drug-likeness (QED) is 0.837. The van der Waals surface area contributed by atoms with Crippen LogP contribution in [0.5, 0.6) is 0 Å². The summed E-state index contributed by atoms with van der Waals surface area (Å²) >= 11 is 0. The lowest BCUT2D eigenvalue weighted by atomic mass is 9.77. The van der Waals surface area contributed by atoms with E-state index in [1.165, 1.54) is 24.8 Å². The number of hydrogen-bond donors (Lipinski definition) is 0. The van der Waals surface area contributed by atoms with E-state index in [-0.39, 0.29) is 22.8 Å². The molecule has 0 radical (unpaired) electrons. The maximum absolute atomic E-state index is 12.7. The van der Waals surface area contributed by atoms with E-state index in [2.05, 4.69) is 6.07 Å². The molecule has 2 aliphatic heterocycles. The monoisotopic (exact) mass is 305 g/mol. The summed E-state index contributed by atoms with van der Waals surface area (Å²) in [7, 11) is -2.82. The second kappa shape index (κ2) is 4.32. The van der Waals surface area contributed by atoms with Crippen LogP contribution in [0, 0.1) is 5.41 Å². The maximum atomic E-state index is 12.7. The van der Waals surface area contributed by atoms with Crippen LogP contribution in [0.4, 0.5) is 0 Å². The lowest BCUT2D eigenvalue weighted by Gasteiger charge is -2.54. The van der Waals surface area contributed by atoms with Gasteiger partial charge in [-0.25, -0.2) is 8.42 Å². The molecule has 1 saturated carbocycles. The molecule has 112 valence electrons. The third kappa shape index (κ3) is 2.09. The summed E-state index contributed by atoms with van der Waals surface area (Å²) in [4.78, 5) is 14.5. The van der Waals surface area contributed by atoms with E-state index in [4.69, 9.17) is 0 Å². The standard InChI is InChI=1S/C16H19NO3S/c18-15(17-8-16(9-17)10-21(19,20)11-16)14-7-2-1-6-13(14)12-4-3-5-12/h1-2,6-7,12H,3-5,8-11H2. The van der Waals surface area contributed by atoms with Gasteiger partial charge < -0.3 is 4.90 Å². The summed E-state index contributed by atoms with van der Waals surface area (Å²) in [6, 6.07) is 7.90. The molecular formula is C16H19NO3S. The van der Waals surface area contributed by atoms with E-state index >= 15 is 0 Å². The molecule has 1 aromatic rings. The number of carbonyl (C=O) groups excluding carboxylic acids is 1. The zero-order valence-corrected chi connectivity index (χ0v) is 12.7. The van der Waals surface area contributed by atoms with E-state index in [9.17, 15) is 13.2 Å². The highest BCUT2D eigenvalue weighted by atomic mass is 32.2. The molecule has 0 bridgehead atoms. The smallest absolute Gasteiger partial charge is 0.254 e. The van der Waals surface area contributed by atoms with Crippen LogP contribution >= 0.6 is 0 Å². The molecule has 3 aliphatic rings. The number of sulfone groups is 1. The molecule has 21 heavy (non-hydrogen) atoms. The highest BCUT2D eigenvalue weighted by molar-refractivity contribution is 7.92. The van der Waals surface area contributed by atoms with Gasteiger partial charge in [0, 0.05) is 24.1 Å². The topological polar surface area (TPSA) is 54.5 Å². The number of nitrogens with zero attached hydrogens (tertiary/aromatic N) is 1. The van der Waals surface area contributed by atoms with Crippen LogP contribution in [0.3, 0.4) is 0 Å². The van der Waals surface area contributed by atoms with Crippen LogP contribution in [-0.4, -0.2) is 43.8 Å². The van der Waals surface area contributed by atoms with Crippen molar-refractivity contribution in [3.05, 3.63) is 35.4 Å². The van der Waals surface area contributed by atoms with Crippen molar-refractivity contribution in [1.29, 1.82) is 0 Å². The van der Waals surface area contributed by atoms with Crippen LogP contribution in [0.2, 0.25) is 0 Å². The Morgan fingerprint density at radius 2 is 1.81 bits per heavy atom. The summed E-state index contributed by atoms with van der Waals surface area (Å²) in [6.07, 6.45) is 3.59. The van der Waals surface area contributed by atoms with Crippen LogP contribution in [-0.2, 0) is 9.84 Å². The van der Waals surface area contributed by atoms with E-state index < -0.39 is 9.84 Å². The highest BCUT2D eigenvalue weighted by Gasteiger charge is 2.57. The van der Waals surface area contributed by atoms with Gasteiger partial charge in [0.05, 0.1) is 11.5 Å². The van der Waals surface area contributed by atoms with Gasteiger partial charge in [0.25, 0.3) is 5.91 Å². The van der Waals surface area contributed by atoms with Crippen LogP contribution < -0.4 is 0 Å².